The average Bonchev–Trinajstić information content (AvgIpc) is 3.31. The Morgan fingerprint density at radius 2 is 2.00 bits per heavy atom. The van der Waals surface area contributed by atoms with Gasteiger partial charge in [-0.05, 0) is 36.8 Å². The minimum atomic E-state index is 0.425. The lowest BCUT2D eigenvalue weighted by Gasteiger charge is -2.26. The lowest BCUT2D eigenvalue weighted by molar-refractivity contribution is 0.0342. The summed E-state index contributed by atoms with van der Waals surface area (Å²) in [6.45, 7) is 6.96. The lowest BCUT2D eigenvalue weighted by atomic mass is 10.1. The van der Waals surface area contributed by atoms with E-state index in [0.29, 0.717) is 24.1 Å². The average molecular weight is 392 g/mol. The molecule has 0 saturated carbocycles. The minimum absolute atomic E-state index is 0.425. The molecule has 0 spiro atoms. The highest BCUT2D eigenvalue weighted by molar-refractivity contribution is 5.95. The van der Waals surface area contributed by atoms with Crippen molar-refractivity contribution in [1.82, 2.24) is 24.8 Å². The molecular formula is C21H24N6O2. The van der Waals surface area contributed by atoms with Crippen molar-refractivity contribution in [2.45, 2.75) is 13.5 Å². The van der Waals surface area contributed by atoms with Crippen molar-refractivity contribution in [2.75, 3.05) is 38.6 Å². The highest BCUT2D eigenvalue weighted by atomic mass is 16.5. The first kappa shape index (κ1) is 18.0. The molecular weight excluding hydrogens is 368 g/mol. The van der Waals surface area contributed by atoms with E-state index in [1.807, 2.05) is 13.0 Å². The second kappa shape index (κ2) is 7.38. The number of nitrogens with zero attached hydrogens (tertiary/aromatic N) is 3. The quantitative estimate of drug-likeness (QED) is 0.482. The molecule has 1 aromatic carbocycles. The first-order valence-electron chi connectivity index (χ1n) is 9.91. The number of rotatable bonds is 5. The van der Waals surface area contributed by atoms with Gasteiger partial charge in [-0.25, -0.2) is 4.98 Å². The molecule has 0 aliphatic carbocycles. The molecule has 1 fully saturated rings. The summed E-state index contributed by atoms with van der Waals surface area (Å²) in [4.78, 5) is 17.8. The summed E-state index contributed by atoms with van der Waals surface area (Å²) >= 11 is 0. The van der Waals surface area contributed by atoms with Crippen molar-refractivity contribution in [3.8, 4) is 17.3 Å². The highest BCUT2D eigenvalue weighted by Gasteiger charge is 2.15. The molecule has 29 heavy (non-hydrogen) atoms. The first-order chi connectivity index (χ1) is 14.2. The molecule has 0 amide bonds. The van der Waals surface area contributed by atoms with E-state index in [1.165, 1.54) is 10.9 Å². The molecule has 0 unspecified atom stereocenters. The minimum Gasteiger partial charge on any atom is -0.465 e. The Bertz CT molecular complexity index is 1160. The van der Waals surface area contributed by atoms with Gasteiger partial charge in [0.1, 0.15) is 5.82 Å². The Morgan fingerprint density at radius 3 is 2.83 bits per heavy atom. The zero-order valence-corrected chi connectivity index (χ0v) is 16.4. The van der Waals surface area contributed by atoms with Crippen LogP contribution in [0.2, 0.25) is 0 Å². The largest absolute Gasteiger partial charge is 0.465 e. The Kier molecular flexibility index (Phi) is 4.57. The number of nitrogens with one attached hydrogen (secondary N) is 2. The van der Waals surface area contributed by atoms with Gasteiger partial charge >= 0.3 is 0 Å². The fraction of sp³-hybridized carbons (Fsp3) is 0.333. The van der Waals surface area contributed by atoms with Crippen LogP contribution < -0.4 is 10.5 Å². The number of pyridine rings is 1. The van der Waals surface area contributed by atoms with Gasteiger partial charge in [-0.3, -0.25) is 4.90 Å². The van der Waals surface area contributed by atoms with Gasteiger partial charge < -0.3 is 25.2 Å². The van der Waals surface area contributed by atoms with E-state index in [1.54, 1.807) is 0 Å². The lowest BCUT2D eigenvalue weighted by Crippen LogP contribution is -2.35. The van der Waals surface area contributed by atoms with Gasteiger partial charge in [0.25, 0.3) is 6.01 Å². The number of anilines is 1. The number of aromatic amines is 2. The number of hydrogen-bond donors (Lipinski definition) is 3. The van der Waals surface area contributed by atoms with Gasteiger partial charge in [0.2, 0.25) is 0 Å². The number of nitrogen functional groups attached to an aromatic ring is 1. The zero-order valence-electron chi connectivity index (χ0n) is 16.4. The Labute approximate surface area is 168 Å². The van der Waals surface area contributed by atoms with E-state index in [0.717, 1.165) is 55.1 Å². The van der Waals surface area contributed by atoms with Crippen LogP contribution in [-0.2, 0) is 11.3 Å². The summed E-state index contributed by atoms with van der Waals surface area (Å²) in [6.07, 6.45) is 0. The van der Waals surface area contributed by atoms with Crippen LogP contribution >= 0.6 is 0 Å². The van der Waals surface area contributed by atoms with Gasteiger partial charge in [-0.1, -0.05) is 6.07 Å². The van der Waals surface area contributed by atoms with Gasteiger partial charge in [0, 0.05) is 41.8 Å². The molecule has 8 heteroatoms. The molecule has 1 aliphatic rings. The molecule has 0 bridgehead atoms. The third-order valence-electron chi connectivity index (χ3n) is 5.23. The van der Waals surface area contributed by atoms with Crippen molar-refractivity contribution in [1.29, 1.82) is 0 Å². The number of H-pyrrole nitrogens is 2. The Balaban J connectivity index is 1.51. The van der Waals surface area contributed by atoms with Crippen molar-refractivity contribution >= 4 is 27.9 Å². The molecule has 1 saturated heterocycles. The molecule has 8 nitrogen and oxygen atoms in total. The third kappa shape index (κ3) is 3.52. The smallest absolute Gasteiger partial charge is 0.296 e. The number of ether oxygens (including phenoxy) is 2. The molecule has 0 atom stereocenters. The van der Waals surface area contributed by atoms with E-state index in [4.69, 9.17) is 15.2 Å². The molecule has 150 valence electrons. The van der Waals surface area contributed by atoms with Crippen molar-refractivity contribution in [3.63, 3.8) is 0 Å². The van der Waals surface area contributed by atoms with Crippen LogP contribution in [0.15, 0.2) is 30.3 Å². The predicted molar refractivity (Wildman–Crippen MR) is 113 cm³/mol. The molecule has 0 radical (unpaired) electrons. The molecule has 4 heterocycles. The second-order valence-electron chi connectivity index (χ2n) is 7.26. The molecule has 1 aliphatic heterocycles. The van der Waals surface area contributed by atoms with Gasteiger partial charge in [-0.15, -0.1) is 0 Å². The fourth-order valence-electron chi connectivity index (χ4n) is 3.85. The van der Waals surface area contributed by atoms with Crippen LogP contribution in [0.4, 0.5) is 5.82 Å². The van der Waals surface area contributed by atoms with Crippen LogP contribution in [0.3, 0.4) is 0 Å². The number of morpholine rings is 1. The Hall–Kier alpha value is -3.10. The molecule has 4 N–H and O–H groups in total. The molecule has 5 rings (SSSR count). The normalized spacial score (nSPS) is 15.3. The fourth-order valence-corrected chi connectivity index (χ4v) is 3.85. The van der Waals surface area contributed by atoms with E-state index < -0.39 is 0 Å². The third-order valence-corrected chi connectivity index (χ3v) is 5.23. The number of aromatic nitrogens is 4. The number of hydrogen-bond acceptors (Lipinski definition) is 6. The summed E-state index contributed by atoms with van der Waals surface area (Å²) in [5.41, 5.74) is 11.7. The predicted octanol–water partition coefficient (Wildman–Crippen LogP) is 2.92. The summed E-state index contributed by atoms with van der Waals surface area (Å²) < 4.78 is 10.9. The summed E-state index contributed by atoms with van der Waals surface area (Å²) in [5.74, 6) is 0.425. The van der Waals surface area contributed by atoms with Crippen LogP contribution in [0.1, 0.15) is 12.5 Å². The maximum atomic E-state index is 6.03. The highest BCUT2D eigenvalue weighted by Crippen LogP contribution is 2.31. The van der Waals surface area contributed by atoms with Crippen LogP contribution in [-0.4, -0.2) is 57.7 Å². The van der Waals surface area contributed by atoms with E-state index in [-0.39, 0.29) is 0 Å². The Morgan fingerprint density at radius 1 is 1.14 bits per heavy atom. The maximum Gasteiger partial charge on any atom is 0.296 e. The van der Waals surface area contributed by atoms with E-state index >= 15 is 0 Å². The first-order valence-corrected chi connectivity index (χ1v) is 9.91. The second-order valence-corrected chi connectivity index (χ2v) is 7.26. The van der Waals surface area contributed by atoms with Gasteiger partial charge in [0.15, 0.2) is 5.65 Å². The molecule has 3 aromatic heterocycles. The van der Waals surface area contributed by atoms with Crippen LogP contribution in [0, 0.1) is 0 Å². The molecule has 4 aromatic rings. The maximum absolute atomic E-state index is 6.03. The van der Waals surface area contributed by atoms with E-state index in [9.17, 15) is 0 Å². The topological polar surface area (TPSA) is 105 Å². The van der Waals surface area contributed by atoms with Crippen molar-refractivity contribution in [3.05, 3.63) is 35.9 Å². The van der Waals surface area contributed by atoms with Gasteiger partial charge in [0.05, 0.1) is 25.3 Å². The van der Waals surface area contributed by atoms with Crippen molar-refractivity contribution < 1.29 is 9.47 Å². The van der Waals surface area contributed by atoms with E-state index in [2.05, 4.69) is 49.1 Å². The number of benzene rings is 1. The number of imidazole rings is 1. The van der Waals surface area contributed by atoms with Crippen LogP contribution in [0.25, 0.3) is 33.3 Å². The van der Waals surface area contributed by atoms with Crippen LogP contribution in [0.5, 0.6) is 6.01 Å². The monoisotopic (exact) mass is 392 g/mol. The SMILES string of the molecule is CCOc1nc2nc(N)cc(-c3cc4cc(CN5CCOCC5)ccc4[nH]3)c2[nH]1. The van der Waals surface area contributed by atoms with Gasteiger partial charge in [-0.2, -0.15) is 4.98 Å². The summed E-state index contributed by atoms with van der Waals surface area (Å²) in [7, 11) is 0. The number of nitrogens with two attached hydrogens (primary N) is 1. The van der Waals surface area contributed by atoms with Crippen molar-refractivity contribution in [2.24, 2.45) is 0 Å². The summed E-state index contributed by atoms with van der Waals surface area (Å²) in [6, 6.07) is 11.0. The summed E-state index contributed by atoms with van der Waals surface area (Å²) in [5, 5.41) is 1.17. The zero-order chi connectivity index (χ0) is 19.8. The number of fused-ring (bicyclic) bond motifs is 2. The standard InChI is InChI=1S/C21H24N6O2/c1-2-29-21-25-19-15(11-18(22)24-20(19)26-21)17-10-14-9-13(3-4-16(14)23-17)12-27-5-7-28-8-6-27/h3-4,9-11,23H,2,5-8,12H2,1H3,(H3,22,24,25,26).